The van der Waals surface area contributed by atoms with E-state index in [4.69, 9.17) is 21.1 Å². The van der Waals surface area contributed by atoms with Crippen LogP contribution in [0.2, 0.25) is 5.02 Å². The number of hydrogen-bond donors (Lipinski definition) is 0. The highest BCUT2D eigenvalue weighted by molar-refractivity contribution is 9.10. The number of hydrogen-bond acceptors (Lipinski definition) is 5. The molecule has 1 aliphatic heterocycles. The molecule has 1 fully saturated rings. The molecule has 1 aromatic rings. The number of halogens is 2. The van der Waals surface area contributed by atoms with E-state index in [1.807, 2.05) is 0 Å². The van der Waals surface area contributed by atoms with Gasteiger partial charge in [-0.1, -0.05) is 11.6 Å². The lowest BCUT2D eigenvalue weighted by Crippen LogP contribution is -2.42. The van der Waals surface area contributed by atoms with Crippen molar-refractivity contribution in [1.29, 1.82) is 0 Å². The molecule has 0 spiro atoms. The van der Waals surface area contributed by atoms with Gasteiger partial charge in [-0.25, -0.2) is 8.42 Å². The average molecular weight is 441 g/mol. The lowest BCUT2D eigenvalue weighted by molar-refractivity contribution is -0.149. The van der Waals surface area contributed by atoms with E-state index in [2.05, 4.69) is 15.9 Å². The summed E-state index contributed by atoms with van der Waals surface area (Å²) in [5.41, 5.74) is 0. The summed E-state index contributed by atoms with van der Waals surface area (Å²) in [5.74, 6) is -0.628. The molecule has 0 radical (unpaired) electrons. The number of sulfonamides is 1. The fourth-order valence-corrected chi connectivity index (χ4v) is 5.57. The summed E-state index contributed by atoms with van der Waals surface area (Å²) in [6.45, 7) is 2.43. The van der Waals surface area contributed by atoms with Crippen LogP contribution < -0.4 is 4.74 Å². The Kier molecular flexibility index (Phi) is 6.52. The minimum absolute atomic E-state index is 0.0196. The summed E-state index contributed by atoms with van der Waals surface area (Å²) in [6.07, 6.45) is 1.20. The first-order valence-corrected chi connectivity index (χ1v) is 10.1. The van der Waals surface area contributed by atoms with E-state index in [9.17, 15) is 13.2 Å². The second-order valence-corrected chi connectivity index (χ2v) is 8.57. The van der Waals surface area contributed by atoms with Gasteiger partial charge in [0.2, 0.25) is 10.0 Å². The zero-order valence-electron chi connectivity index (χ0n) is 13.4. The Morgan fingerprint density at radius 1 is 1.46 bits per heavy atom. The molecule has 134 valence electrons. The van der Waals surface area contributed by atoms with Gasteiger partial charge in [0.05, 0.1) is 24.1 Å². The Morgan fingerprint density at radius 3 is 2.79 bits per heavy atom. The van der Waals surface area contributed by atoms with Gasteiger partial charge in [-0.3, -0.25) is 4.79 Å². The largest absolute Gasteiger partial charge is 0.494 e. The summed E-state index contributed by atoms with van der Waals surface area (Å²) in [7, 11) is -2.45. The van der Waals surface area contributed by atoms with Crippen LogP contribution in [-0.2, 0) is 19.6 Å². The molecule has 1 unspecified atom stereocenters. The van der Waals surface area contributed by atoms with Crippen LogP contribution in [0.1, 0.15) is 19.8 Å². The predicted octanol–water partition coefficient (Wildman–Crippen LogP) is 3.07. The van der Waals surface area contributed by atoms with E-state index in [1.165, 1.54) is 17.5 Å². The number of methoxy groups -OCH3 is 1. The van der Waals surface area contributed by atoms with Gasteiger partial charge in [0.1, 0.15) is 4.90 Å². The molecule has 1 aromatic carbocycles. The summed E-state index contributed by atoms with van der Waals surface area (Å²) in [5, 5.41) is 0.278. The molecule has 0 amide bonds. The molecule has 1 heterocycles. The number of esters is 1. The van der Waals surface area contributed by atoms with Crippen molar-refractivity contribution in [2.45, 2.75) is 24.7 Å². The molecule has 6 nitrogen and oxygen atoms in total. The maximum Gasteiger partial charge on any atom is 0.310 e. The van der Waals surface area contributed by atoms with Crippen molar-refractivity contribution in [3.63, 3.8) is 0 Å². The van der Waals surface area contributed by atoms with Gasteiger partial charge >= 0.3 is 5.97 Å². The quantitative estimate of drug-likeness (QED) is 0.658. The van der Waals surface area contributed by atoms with Crippen molar-refractivity contribution < 1.29 is 22.7 Å². The van der Waals surface area contributed by atoms with Gasteiger partial charge in [-0.2, -0.15) is 4.31 Å². The molecule has 0 N–H and O–H groups in total. The van der Waals surface area contributed by atoms with E-state index < -0.39 is 15.9 Å². The Labute approximate surface area is 155 Å². The highest BCUT2D eigenvalue weighted by Crippen LogP contribution is 2.37. The molecule has 0 bridgehead atoms. The maximum atomic E-state index is 13.0. The second kappa shape index (κ2) is 8.03. The van der Waals surface area contributed by atoms with E-state index in [0.717, 1.165) is 0 Å². The maximum absolute atomic E-state index is 13.0. The third-order valence-electron chi connectivity index (χ3n) is 3.80. The third kappa shape index (κ3) is 4.04. The zero-order chi connectivity index (χ0) is 17.9. The van der Waals surface area contributed by atoms with Crippen LogP contribution in [-0.4, -0.2) is 45.5 Å². The zero-order valence-corrected chi connectivity index (χ0v) is 16.6. The SMILES string of the molecule is CCOC(=O)C1CCCN(S(=O)(=O)c2cc(Cl)cc(Br)c2OC)C1. The average Bonchev–Trinajstić information content (AvgIpc) is 2.54. The number of piperidine rings is 1. The topological polar surface area (TPSA) is 72.9 Å². The van der Waals surface area contributed by atoms with Gasteiger partial charge < -0.3 is 9.47 Å². The minimum Gasteiger partial charge on any atom is -0.494 e. The molecule has 24 heavy (non-hydrogen) atoms. The Balaban J connectivity index is 2.35. The first-order valence-electron chi connectivity index (χ1n) is 7.51. The second-order valence-electron chi connectivity index (χ2n) is 5.37. The number of benzene rings is 1. The Hall–Kier alpha value is -0.830. The molecule has 2 rings (SSSR count). The van der Waals surface area contributed by atoms with Gasteiger partial charge in [0.25, 0.3) is 0 Å². The standard InChI is InChI=1S/C15H19BrClNO5S/c1-3-23-15(19)10-5-4-6-18(9-10)24(20,21)13-8-11(17)7-12(16)14(13)22-2/h7-8,10H,3-6,9H2,1-2H3. The molecule has 1 aliphatic rings. The van der Waals surface area contributed by atoms with Crippen molar-refractivity contribution in [3.05, 3.63) is 21.6 Å². The summed E-state index contributed by atoms with van der Waals surface area (Å²) in [6, 6.07) is 2.92. The Morgan fingerprint density at radius 2 is 2.17 bits per heavy atom. The highest BCUT2D eigenvalue weighted by atomic mass is 79.9. The molecule has 1 atom stereocenters. The van der Waals surface area contributed by atoms with Crippen LogP contribution in [0.4, 0.5) is 0 Å². The Bertz CT molecular complexity index is 725. The molecule has 0 aliphatic carbocycles. The van der Waals surface area contributed by atoms with E-state index >= 15 is 0 Å². The molecular weight excluding hydrogens is 422 g/mol. The molecule has 9 heteroatoms. The van der Waals surface area contributed by atoms with E-state index in [1.54, 1.807) is 13.0 Å². The van der Waals surface area contributed by atoms with E-state index in [0.29, 0.717) is 23.9 Å². The number of carbonyl (C=O) groups excluding carboxylic acids is 1. The molecule has 1 saturated heterocycles. The van der Waals surface area contributed by atoms with Crippen molar-refractivity contribution in [1.82, 2.24) is 4.31 Å². The van der Waals surface area contributed by atoms with Gasteiger partial charge in [-0.05, 0) is 47.8 Å². The summed E-state index contributed by atoms with van der Waals surface area (Å²) >= 11 is 9.27. The highest BCUT2D eigenvalue weighted by Gasteiger charge is 2.36. The fourth-order valence-electron chi connectivity index (χ4n) is 2.68. The van der Waals surface area contributed by atoms with Gasteiger partial charge in [0, 0.05) is 18.1 Å². The summed E-state index contributed by atoms with van der Waals surface area (Å²) < 4.78 is 38.0. The van der Waals surface area contributed by atoms with Crippen LogP contribution in [0.25, 0.3) is 0 Å². The number of ether oxygens (including phenoxy) is 2. The van der Waals surface area contributed by atoms with Crippen LogP contribution in [0.15, 0.2) is 21.5 Å². The van der Waals surface area contributed by atoms with Crippen LogP contribution in [0.3, 0.4) is 0 Å². The molecular formula is C15H19BrClNO5S. The van der Waals surface area contributed by atoms with Crippen molar-refractivity contribution in [3.8, 4) is 5.75 Å². The first-order chi connectivity index (χ1) is 11.3. The lowest BCUT2D eigenvalue weighted by Gasteiger charge is -2.31. The van der Waals surface area contributed by atoms with Crippen LogP contribution in [0, 0.1) is 5.92 Å². The normalized spacial score (nSPS) is 19.1. The smallest absolute Gasteiger partial charge is 0.310 e. The first kappa shape index (κ1) is 19.5. The lowest BCUT2D eigenvalue weighted by atomic mass is 10.0. The van der Waals surface area contributed by atoms with Crippen molar-refractivity contribution in [2.75, 3.05) is 26.8 Å². The third-order valence-corrected chi connectivity index (χ3v) is 6.48. The van der Waals surface area contributed by atoms with E-state index in [-0.39, 0.29) is 34.8 Å². The predicted molar refractivity (Wildman–Crippen MR) is 93.8 cm³/mol. The van der Waals surface area contributed by atoms with Crippen molar-refractivity contribution >= 4 is 43.5 Å². The monoisotopic (exact) mass is 439 g/mol. The van der Waals surface area contributed by atoms with Gasteiger partial charge in [0.15, 0.2) is 5.75 Å². The molecule has 0 aromatic heterocycles. The number of rotatable bonds is 5. The summed E-state index contributed by atoms with van der Waals surface area (Å²) in [4.78, 5) is 11.9. The van der Waals surface area contributed by atoms with Gasteiger partial charge in [-0.15, -0.1) is 0 Å². The van der Waals surface area contributed by atoms with Crippen molar-refractivity contribution in [2.24, 2.45) is 5.92 Å². The number of carbonyl (C=O) groups is 1. The van der Waals surface area contributed by atoms with Crippen LogP contribution in [0.5, 0.6) is 5.75 Å². The molecule has 0 saturated carbocycles. The fraction of sp³-hybridized carbons (Fsp3) is 0.533. The number of nitrogens with zero attached hydrogens (tertiary/aromatic N) is 1. The minimum atomic E-state index is -3.85. The van der Waals surface area contributed by atoms with Crippen LogP contribution >= 0.6 is 27.5 Å².